The van der Waals surface area contributed by atoms with E-state index in [-0.39, 0.29) is 18.8 Å². The average molecular weight is 268 g/mol. The van der Waals surface area contributed by atoms with Crippen LogP contribution in [0, 0.1) is 10.1 Å². The van der Waals surface area contributed by atoms with Crippen molar-refractivity contribution in [3.05, 3.63) is 57.1 Å². The molecule has 0 aliphatic heterocycles. The number of aliphatic hydroxyl groups is 1. The van der Waals surface area contributed by atoms with Crippen molar-refractivity contribution in [2.75, 3.05) is 0 Å². The summed E-state index contributed by atoms with van der Waals surface area (Å²) in [5.74, 6) is 0.434. The molecule has 1 heterocycles. The van der Waals surface area contributed by atoms with E-state index in [4.69, 9.17) is 16.7 Å². The monoisotopic (exact) mass is 267 g/mol. The van der Waals surface area contributed by atoms with E-state index < -0.39 is 4.92 Å². The molecule has 0 spiro atoms. The highest BCUT2D eigenvalue weighted by molar-refractivity contribution is 6.31. The highest BCUT2D eigenvalue weighted by Gasteiger charge is 2.17. The van der Waals surface area contributed by atoms with E-state index in [2.05, 4.69) is 4.98 Å². The van der Waals surface area contributed by atoms with Crippen molar-refractivity contribution in [3.8, 4) is 0 Å². The number of benzene rings is 1. The van der Waals surface area contributed by atoms with Gasteiger partial charge in [0, 0.05) is 18.5 Å². The zero-order valence-electron chi connectivity index (χ0n) is 9.28. The first kappa shape index (κ1) is 12.5. The average Bonchev–Trinajstić information content (AvgIpc) is 2.78. The van der Waals surface area contributed by atoms with Crippen LogP contribution in [0.25, 0.3) is 0 Å². The molecule has 0 atom stereocenters. The van der Waals surface area contributed by atoms with Gasteiger partial charge in [0.25, 0.3) is 5.69 Å². The quantitative estimate of drug-likeness (QED) is 0.678. The summed E-state index contributed by atoms with van der Waals surface area (Å²) >= 11 is 5.99. The summed E-state index contributed by atoms with van der Waals surface area (Å²) in [6.07, 6.45) is 3.16. The smallest absolute Gasteiger partial charge is 0.275 e. The van der Waals surface area contributed by atoms with Crippen LogP contribution in [0.2, 0.25) is 5.02 Å². The fourth-order valence-electron chi connectivity index (χ4n) is 1.68. The number of aliphatic hydroxyl groups excluding tert-OH is 1. The van der Waals surface area contributed by atoms with Crippen molar-refractivity contribution >= 4 is 17.3 Å². The fourth-order valence-corrected chi connectivity index (χ4v) is 1.91. The van der Waals surface area contributed by atoms with Crippen LogP contribution in [0.3, 0.4) is 0 Å². The fraction of sp³-hybridized carbons (Fsp3) is 0.182. The summed E-state index contributed by atoms with van der Waals surface area (Å²) in [5.41, 5.74) is 0.358. The molecule has 1 aromatic heterocycles. The Bertz CT molecular complexity index is 583. The lowest BCUT2D eigenvalue weighted by Crippen LogP contribution is -2.07. The summed E-state index contributed by atoms with van der Waals surface area (Å²) < 4.78 is 1.62. The number of halogens is 1. The summed E-state index contributed by atoms with van der Waals surface area (Å²) in [5, 5.41) is 20.3. The number of imidazole rings is 1. The maximum atomic E-state index is 10.9. The van der Waals surface area contributed by atoms with Crippen molar-refractivity contribution in [1.82, 2.24) is 9.55 Å². The van der Waals surface area contributed by atoms with Crippen LogP contribution < -0.4 is 0 Å². The van der Waals surface area contributed by atoms with Gasteiger partial charge in [0.05, 0.1) is 22.1 Å². The number of hydrogen-bond donors (Lipinski definition) is 1. The van der Waals surface area contributed by atoms with Crippen LogP contribution in [0.15, 0.2) is 30.6 Å². The van der Waals surface area contributed by atoms with Gasteiger partial charge in [-0.1, -0.05) is 17.7 Å². The summed E-state index contributed by atoms with van der Waals surface area (Å²) in [7, 11) is 0. The number of nitrogens with zero attached hydrogens (tertiary/aromatic N) is 3. The Morgan fingerprint density at radius 3 is 2.94 bits per heavy atom. The molecule has 94 valence electrons. The molecule has 0 aliphatic carbocycles. The van der Waals surface area contributed by atoms with E-state index in [1.54, 1.807) is 16.8 Å². The van der Waals surface area contributed by atoms with Crippen molar-refractivity contribution < 1.29 is 10.0 Å². The minimum absolute atomic E-state index is 0.0416. The number of nitro groups is 1. The van der Waals surface area contributed by atoms with Crippen molar-refractivity contribution in [1.29, 1.82) is 0 Å². The molecule has 0 amide bonds. The second kappa shape index (κ2) is 5.16. The zero-order valence-corrected chi connectivity index (χ0v) is 10.0. The lowest BCUT2D eigenvalue weighted by atomic mass is 10.2. The van der Waals surface area contributed by atoms with Gasteiger partial charge >= 0.3 is 0 Å². The normalized spacial score (nSPS) is 10.6. The van der Waals surface area contributed by atoms with Crippen LogP contribution in [-0.2, 0) is 13.2 Å². The predicted octanol–water partition coefficient (Wildman–Crippen LogP) is 1.99. The molecule has 2 rings (SSSR count). The maximum Gasteiger partial charge on any atom is 0.275 e. The predicted molar refractivity (Wildman–Crippen MR) is 65.4 cm³/mol. The third kappa shape index (κ3) is 2.34. The molecule has 0 unspecified atom stereocenters. The van der Waals surface area contributed by atoms with Gasteiger partial charge in [-0.3, -0.25) is 10.1 Å². The topological polar surface area (TPSA) is 81.2 Å². The zero-order chi connectivity index (χ0) is 13.1. The molecule has 1 N–H and O–H groups in total. The largest absolute Gasteiger partial charge is 0.388 e. The van der Waals surface area contributed by atoms with Gasteiger partial charge in [0.2, 0.25) is 0 Å². The standard InChI is InChI=1S/C11H10ClN3O3/c12-9-2-1-3-10(15(17)18)8(9)6-14-5-4-13-11(14)7-16/h1-5,16H,6-7H2. The molecule has 7 heteroatoms. The third-order valence-corrected chi connectivity index (χ3v) is 2.92. The first-order valence-electron chi connectivity index (χ1n) is 5.16. The molecule has 2 aromatic rings. The molecule has 18 heavy (non-hydrogen) atoms. The number of rotatable bonds is 4. The van der Waals surface area contributed by atoms with Crippen LogP contribution in [-0.4, -0.2) is 19.6 Å². The van der Waals surface area contributed by atoms with E-state index in [0.717, 1.165) is 0 Å². The molecule has 6 nitrogen and oxygen atoms in total. The third-order valence-electron chi connectivity index (χ3n) is 2.56. The minimum atomic E-state index is -0.475. The van der Waals surface area contributed by atoms with Crippen molar-refractivity contribution in [3.63, 3.8) is 0 Å². The van der Waals surface area contributed by atoms with Gasteiger partial charge < -0.3 is 9.67 Å². The van der Waals surface area contributed by atoms with Crippen molar-refractivity contribution in [2.24, 2.45) is 0 Å². The summed E-state index contributed by atoms with van der Waals surface area (Å²) in [6.45, 7) is -0.0306. The molecule has 1 aromatic carbocycles. The van der Waals surface area contributed by atoms with E-state index in [1.807, 2.05) is 0 Å². The van der Waals surface area contributed by atoms with Gasteiger partial charge in [-0.05, 0) is 6.07 Å². The molecular formula is C11H10ClN3O3. The molecule has 0 fully saturated rings. The Labute approximate surface area is 108 Å². The Morgan fingerprint density at radius 2 is 2.28 bits per heavy atom. The van der Waals surface area contributed by atoms with Crippen LogP contribution in [0.5, 0.6) is 0 Å². The second-order valence-electron chi connectivity index (χ2n) is 3.62. The van der Waals surface area contributed by atoms with Crippen LogP contribution >= 0.6 is 11.6 Å². The van der Waals surface area contributed by atoms with Crippen LogP contribution in [0.4, 0.5) is 5.69 Å². The SMILES string of the molecule is O=[N+]([O-])c1cccc(Cl)c1Cn1ccnc1CO. The number of hydrogen-bond acceptors (Lipinski definition) is 4. The van der Waals surface area contributed by atoms with E-state index in [0.29, 0.717) is 16.4 Å². The molecule has 0 saturated heterocycles. The molecule has 0 bridgehead atoms. The lowest BCUT2D eigenvalue weighted by Gasteiger charge is -2.08. The maximum absolute atomic E-state index is 10.9. The second-order valence-corrected chi connectivity index (χ2v) is 4.03. The number of nitro benzene ring substituents is 1. The highest BCUT2D eigenvalue weighted by atomic mass is 35.5. The van der Waals surface area contributed by atoms with Gasteiger partial charge in [0.1, 0.15) is 12.4 Å². The van der Waals surface area contributed by atoms with E-state index >= 15 is 0 Å². The van der Waals surface area contributed by atoms with Crippen LogP contribution in [0.1, 0.15) is 11.4 Å². The molecular weight excluding hydrogens is 258 g/mol. The first-order valence-corrected chi connectivity index (χ1v) is 5.54. The molecule has 0 radical (unpaired) electrons. The van der Waals surface area contributed by atoms with Crippen molar-refractivity contribution in [2.45, 2.75) is 13.2 Å². The molecule has 0 saturated carbocycles. The van der Waals surface area contributed by atoms with E-state index in [9.17, 15) is 10.1 Å². The Kier molecular flexibility index (Phi) is 3.59. The lowest BCUT2D eigenvalue weighted by molar-refractivity contribution is -0.385. The highest BCUT2D eigenvalue weighted by Crippen LogP contribution is 2.27. The van der Waals surface area contributed by atoms with Gasteiger partial charge in [-0.2, -0.15) is 0 Å². The number of aromatic nitrogens is 2. The first-order chi connectivity index (χ1) is 8.63. The summed E-state index contributed by atoms with van der Waals surface area (Å²) in [6, 6.07) is 4.53. The summed E-state index contributed by atoms with van der Waals surface area (Å²) in [4.78, 5) is 14.4. The van der Waals surface area contributed by atoms with Gasteiger partial charge in [0.15, 0.2) is 0 Å². The minimum Gasteiger partial charge on any atom is -0.388 e. The Morgan fingerprint density at radius 1 is 1.50 bits per heavy atom. The van der Waals surface area contributed by atoms with Gasteiger partial charge in [-0.15, -0.1) is 0 Å². The van der Waals surface area contributed by atoms with Gasteiger partial charge in [-0.25, -0.2) is 4.98 Å². The Hall–Kier alpha value is -1.92. The Balaban J connectivity index is 2.42. The molecule has 0 aliphatic rings. The van der Waals surface area contributed by atoms with E-state index in [1.165, 1.54) is 18.3 Å².